The van der Waals surface area contributed by atoms with E-state index in [1.165, 1.54) is 0 Å². The highest BCUT2D eigenvalue weighted by Crippen LogP contribution is 2.28. The van der Waals surface area contributed by atoms with Gasteiger partial charge in [0, 0.05) is 29.6 Å². The molecule has 3 aromatic rings. The second-order valence-electron chi connectivity index (χ2n) is 9.98. The molecule has 0 spiro atoms. The van der Waals surface area contributed by atoms with Gasteiger partial charge in [0.25, 0.3) is 0 Å². The lowest BCUT2D eigenvalue weighted by Crippen LogP contribution is -2.43. The van der Waals surface area contributed by atoms with Crippen LogP contribution in [-0.4, -0.2) is 24.3 Å². The highest BCUT2D eigenvalue weighted by Gasteiger charge is 2.25. The minimum absolute atomic E-state index is 0.0141. The molecule has 0 heterocycles. The largest absolute Gasteiger partial charge is 0.444 e. The lowest BCUT2D eigenvalue weighted by atomic mass is 9.85. The first-order valence-corrected chi connectivity index (χ1v) is 12.5. The number of nitrogens with one attached hydrogen (secondary N) is 2. The Morgan fingerprint density at radius 2 is 1.67 bits per heavy atom. The molecule has 1 amide bonds. The van der Waals surface area contributed by atoms with Crippen molar-refractivity contribution < 1.29 is 9.53 Å². The van der Waals surface area contributed by atoms with E-state index in [1.54, 1.807) is 0 Å². The molecular formula is C30H34ClN3O2. The molecule has 6 heteroatoms. The molecule has 0 aromatic heterocycles. The second kappa shape index (κ2) is 12.6. The van der Waals surface area contributed by atoms with Crippen LogP contribution in [0.4, 0.5) is 4.79 Å². The molecule has 1 unspecified atom stereocenters. The van der Waals surface area contributed by atoms with Crippen molar-refractivity contribution in [3.63, 3.8) is 0 Å². The van der Waals surface area contributed by atoms with E-state index in [2.05, 4.69) is 29.7 Å². The molecule has 2 N–H and O–H groups in total. The number of benzene rings is 3. The monoisotopic (exact) mass is 503 g/mol. The summed E-state index contributed by atoms with van der Waals surface area (Å²) in [5.41, 5.74) is 3.37. The van der Waals surface area contributed by atoms with Gasteiger partial charge in [-0.3, -0.25) is 0 Å². The molecule has 36 heavy (non-hydrogen) atoms. The van der Waals surface area contributed by atoms with E-state index in [0.717, 1.165) is 23.1 Å². The van der Waals surface area contributed by atoms with Gasteiger partial charge in [-0.25, -0.2) is 4.79 Å². The number of carbonyl (C=O) groups is 1. The lowest BCUT2D eigenvalue weighted by Gasteiger charge is -2.31. The summed E-state index contributed by atoms with van der Waals surface area (Å²) in [5, 5.41) is 16.8. The molecule has 0 saturated heterocycles. The molecule has 3 aromatic carbocycles. The van der Waals surface area contributed by atoms with E-state index in [4.69, 9.17) is 16.3 Å². The van der Waals surface area contributed by atoms with Gasteiger partial charge >= 0.3 is 6.09 Å². The highest BCUT2D eigenvalue weighted by atomic mass is 35.5. The zero-order chi connectivity index (χ0) is 26.1. The fraction of sp³-hybridized carbons (Fsp3) is 0.333. The van der Waals surface area contributed by atoms with Crippen LogP contribution in [0.15, 0.2) is 78.9 Å². The molecule has 0 aliphatic rings. The van der Waals surface area contributed by atoms with Crippen molar-refractivity contribution in [1.82, 2.24) is 10.6 Å². The number of hydrogen-bond acceptors (Lipinski definition) is 4. The Labute approximate surface area is 219 Å². The van der Waals surface area contributed by atoms with Gasteiger partial charge in [-0.05, 0) is 75.1 Å². The Morgan fingerprint density at radius 1 is 1.00 bits per heavy atom. The zero-order valence-electron chi connectivity index (χ0n) is 21.3. The van der Waals surface area contributed by atoms with Crippen molar-refractivity contribution in [2.45, 2.75) is 57.7 Å². The van der Waals surface area contributed by atoms with Gasteiger partial charge in [0.05, 0.1) is 11.6 Å². The van der Waals surface area contributed by atoms with Crippen molar-refractivity contribution in [1.29, 1.82) is 5.26 Å². The van der Waals surface area contributed by atoms with Gasteiger partial charge in [-0.15, -0.1) is 0 Å². The van der Waals surface area contributed by atoms with E-state index < -0.39 is 11.7 Å². The van der Waals surface area contributed by atoms with Gasteiger partial charge in [-0.1, -0.05) is 66.2 Å². The minimum Gasteiger partial charge on any atom is -0.444 e. The lowest BCUT2D eigenvalue weighted by molar-refractivity contribution is 0.0521. The minimum atomic E-state index is -0.567. The average molecular weight is 504 g/mol. The zero-order valence-corrected chi connectivity index (χ0v) is 22.0. The smallest absolute Gasteiger partial charge is 0.407 e. The Balaban J connectivity index is 1.86. The van der Waals surface area contributed by atoms with Crippen LogP contribution in [0.5, 0.6) is 0 Å². The van der Waals surface area contributed by atoms with Gasteiger partial charge in [0.15, 0.2) is 0 Å². The number of ether oxygens (including phenoxy) is 1. The molecule has 3 atom stereocenters. The molecular weight excluding hydrogens is 470 g/mol. The summed E-state index contributed by atoms with van der Waals surface area (Å²) in [6.45, 7) is 8.05. The van der Waals surface area contributed by atoms with Gasteiger partial charge < -0.3 is 15.4 Å². The maximum Gasteiger partial charge on any atom is 0.407 e. The first-order chi connectivity index (χ1) is 17.1. The third kappa shape index (κ3) is 8.41. The maximum atomic E-state index is 12.4. The van der Waals surface area contributed by atoms with Crippen LogP contribution in [0.1, 0.15) is 61.9 Å². The molecule has 0 aliphatic heterocycles. The molecule has 0 aliphatic carbocycles. The predicted octanol–water partition coefficient (Wildman–Crippen LogP) is 6.78. The fourth-order valence-corrected chi connectivity index (χ4v) is 4.31. The molecule has 188 valence electrons. The Morgan fingerprint density at radius 3 is 2.31 bits per heavy atom. The average Bonchev–Trinajstić information content (AvgIpc) is 2.85. The number of halogens is 1. The van der Waals surface area contributed by atoms with Crippen molar-refractivity contribution in [3.8, 4) is 6.07 Å². The molecule has 0 saturated carbocycles. The molecule has 3 rings (SSSR count). The van der Waals surface area contributed by atoms with Crippen LogP contribution in [0, 0.1) is 11.3 Å². The van der Waals surface area contributed by atoms with Gasteiger partial charge in [0.1, 0.15) is 5.60 Å². The third-order valence-electron chi connectivity index (χ3n) is 5.93. The number of alkyl carbamates (subject to hydrolysis) is 1. The van der Waals surface area contributed by atoms with Crippen molar-refractivity contribution in [3.05, 3.63) is 106 Å². The summed E-state index contributed by atoms with van der Waals surface area (Å²) >= 11 is 6.11. The number of rotatable bonds is 9. The Hall–Kier alpha value is -3.33. The van der Waals surface area contributed by atoms with E-state index in [1.807, 2.05) is 93.6 Å². The van der Waals surface area contributed by atoms with Crippen LogP contribution in [-0.2, 0) is 11.2 Å². The standard InChI is InChI=1S/C30H34ClN3O2/c1-21(34-28(24-10-6-5-7-11-24)20-33-29(35)36-30(2,3)4)27(18-22-13-15-26(31)16-14-22)25-12-8-9-23(17-25)19-32/h5-17,21,27-28,34H,18,20H2,1-4H3,(H,33,35)/t21-,27+,28?/m0/s1. The summed E-state index contributed by atoms with van der Waals surface area (Å²) < 4.78 is 5.44. The van der Waals surface area contributed by atoms with Gasteiger partial charge in [0.2, 0.25) is 0 Å². The number of hydrogen-bond donors (Lipinski definition) is 2. The summed E-state index contributed by atoms with van der Waals surface area (Å²) in [5.74, 6) is 0.0761. The number of carbonyl (C=O) groups excluding carboxylic acids is 1. The summed E-state index contributed by atoms with van der Waals surface area (Å²) in [4.78, 5) is 12.4. The highest BCUT2D eigenvalue weighted by molar-refractivity contribution is 6.30. The quantitative estimate of drug-likeness (QED) is 0.337. The van der Waals surface area contributed by atoms with Crippen molar-refractivity contribution in [2.24, 2.45) is 0 Å². The van der Waals surface area contributed by atoms with E-state index in [9.17, 15) is 10.1 Å². The summed E-state index contributed by atoms with van der Waals surface area (Å²) in [6.07, 6.45) is 0.318. The second-order valence-corrected chi connectivity index (χ2v) is 10.4. The van der Waals surface area contributed by atoms with Crippen LogP contribution in [0.3, 0.4) is 0 Å². The normalized spacial score (nSPS) is 13.8. The van der Waals surface area contributed by atoms with E-state index in [-0.39, 0.29) is 18.0 Å². The first-order valence-electron chi connectivity index (χ1n) is 12.2. The third-order valence-corrected chi connectivity index (χ3v) is 6.18. The molecule has 5 nitrogen and oxygen atoms in total. The van der Waals surface area contributed by atoms with Crippen LogP contribution >= 0.6 is 11.6 Å². The molecule has 0 bridgehead atoms. The maximum absolute atomic E-state index is 12.4. The predicted molar refractivity (Wildman–Crippen MR) is 145 cm³/mol. The molecule has 0 radical (unpaired) electrons. The first kappa shape index (κ1) is 27.3. The summed E-state index contributed by atoms with van der Waals surface area (Å²) in [6, 6.07) is 27.8. The number of amides is 1. The molecule has 0 fully saturated rings. The van der Waals surface area contributed by atoms with Crippen LogP contribution in [0.25, 0.3) is 0 Å². The van der Waals surface area contributed by atoms with E-state index >= 15 is 0 Å². The van der Waals surface area contributed by atoms with Crippen LogP contribution < -0.4 is 10.6 Å². The van der Waals surface area contributed by atoms with E-state index in [0.29, 0.717) is 17.1 Å². The summed E-state index contributed by atoms with van der Waals surface area (Å²) in [7, 11) is 0. The number of nitrogens with zero attached hydrogens (tertiary/aromatic N) is 1. The topological polar surface area (TPSA) is 74.2 Å². The fourth-order valence-electron chi connectivity index (χ4n) is 4.19. The SMILES string of the molecule is C[C@H](NC(CNC(=O)OC(C)(C)C)c1ccccc1)[C@@H](Cc1ccc(Cl)cc1)c1cccc(C#N)c1. The van der Waals surface area contributed by atoms with Crippen LogP contribution in [0.2, 0.25) is 5.02 Å². The Kier molecular flexibility index (Phi) is 9.52. The Bertz CT molecular complexity index is 1170. The number of nitriles is 1. The van der Waals surface area contributed by atoms with Gasteiger partial charge in [-0.2, -0.15) is 5.26 Å². The van der Waals surface area contributed by atoms with Crippen molar-refractivity contribution >= 4 is 17.7 Å². The van der Waals surface area contributed by atoms with Crippen molar-refractivity contribution in [2.75, 3.05) is 6.54 Å².